The molecule has 0 saturated heterocycles. The fraction of sp³-hybridized carbons (Fsp3) is 0.250. The van der Waals surface area contributed by atoms with Crippen LogP contribution < -0.4 is 10.1 Å². The second kappa shape index (κ2) is 7.25. The average Bonchev–Trinajstić information content (AvgIpc) is 2.40. The van der Waals surface area contributed by atoms with Crippen LogP contribution in [0.25, 0.3) is 0 Å². The van der Waals surface area contributed by atoms with Crippen LogP contribution in [-0.4, -0.2) is 6.54 Å². The predicted octanol–water partition coefficient (Wildman–Crippen LogP) is 5.70. The largest absolute Gasteiger partial charge is 0.456 e. The molecule has 2 aromatic carbocycles. The first-order valence-corrected chi connectivity index (χ1v) is 7.83. The predicted molar refractivity (Wildman–Crippen MR) is 87.7 cm³/mol. The quantitative estimate of drug-likeness (QED) is 0.726. The Hall–Kier alpha value is -1.10. The van der Waals surface area contributed by atoms with E-state index in [1.54, 1.807) is 12.1 Å². The van der Waals surface area contributed by atoms with Gasteiger partial charge < -0.3 is 10.1 Å². The van der Waals surface area contributed by atoms with E-state index in [2.05, 4.69) is 35.1 Å². The molecule has 2 nitrogen and oxygen atoms in total. The Morgan fingerprint density at radius 2 is 2.05 bits per heavy atom. The van der Waals surface area contributed by atoms with E-state index >= 15 is 0 Å². The molecule has 112 valence electrons. The summed E-state index contributed by atoms with van der Waals surface area (Å²) in [6.45, 7) is 5.01. The van der Waals surface area contributed by atoms with Gasteiger partial charge in [-0.2, -0.15) is 0 Å². The maximum atomic E-state index is 13.3. The van der Waals surface area contributed by atoms with Crippen LogP contribution in [0.3, 0.4) is 0 Å². The Balaban J connectivity index is 2.21. The van der Waals surface area contributed by atoms with Crippen molar-refractivity contribution in [2.24, 2.45) is 0 Å². The molecule has 0 aliphatic rings. The Morgan fingerprint density at radius 1 is 1.29 bits per heavy atom. The molecule has 5 heteroatoms. The number of hydrogen-bond donors (Lipinski definition) is 1. The van der Waals surface area contributed by atoms with Crippen molar-refractivity contribution in [2.45, 2.75) is 19.9 Å². The molecule has 0 radical (unpaired) electrons. The number of benzene rings is 2. The summed E-state index contributed by atoms with van der Waals surface area (Å²) >= 11 is 9.48. The lowest BCUT2D eigenvalue weighted by Gasteiger charge is -2.15. The highest BCUT2D eigenvalue weighted by Crippen LogP contribution is 2.33. The highest BCUT2D eigenvalue weighted by molar-refractivity contribution is 9.10. The second-order valence-electron chi connectivity index (χ2n) is 4.68. The van der Waals surface area contributed by atoms with Crippen LogP contribution in [0.5, 0.6) is 11.5 Å². The summed E-state index contributed by atoms with van der Waals surface area (Å²) in [6, 6.07) is 10.2. The van der Waals surface area contributed by atoms with E-state index in [1.165, 1.54) is 12.1 Å². The normalized spacial score (nSPS) is 12.2. The summed E-state index contributed by atoms with van der Waals surface area (Å²) in [6.07, 6.45) is 0. The van der Waals surface area contributed by atoms with Gasteiger partial charge in [0.15, 0.2) is 0 Å². The van der Waals surface area contributed by atoms with Crippen LogP contribution in [0, 0.1) is 5.82 Å². The molecule has 2 aromatic rings. The summed E-state index contributed by atoms with van der Waals surface area (Å²) in [5, 5.41) is 3.82. The molecule has 0 aromatic heterocycles. The first kappa shape index (κ1) is 16.3. The van der Waals surface area contributed by atoms with Gasteiger partial charge in [0.05, 0.1) is 5.02 Å². The summed E-state index contributed by atoms with van der Waals surface area (Å²) in [7, 11) is 0. The molecular weight excluding hydrogens is 357 g/mol. The van der Waals surface area contributed by atoms with Crippen molar-refractivity contribution in [3.8, 4) is 11.5 Å². The maximum absolute atomic E-state index is 13.3. The average molecular weight is 373 g/mol. The molecule has 0 aliphatic carbocycles. The highest BCUT2D eigenvalue weighted by Gasteiger charge is 2.09. The third-order valence-corrected chi connectivity index (χ3v) is 3.78. The van der Waals surface area contributed by atoms with Crippen molar-refractivity contribution in [1.29, 1.82) is 0 Å². The van der Waals surface area contributed by atoms with Crippen molar-refractivity contribution in [1.82, 2.24) is 5.32 Å². The van der Waals surface area contributed by atoms with Gasteiger partial charge >= 0.3 is 0 Å². The minimum absolute atomic E-state index is 0.213. The van der Waals surface area contributed by atoms with E-state index in [0.29, 0.717) is 21.0 Å². The molecule has 0 aliphatic heterocycles. The molecule has 2 rings (SSSR count). The van der Waals surface area contributed by atoms with E-state index < -0.39 is 0 Å². The monoisotopic (exact) mass is 371 g/mol. The summed E-state index contributed by atoms with van der Waals surface area (Å²) in [5.41, 5.74) is 1.08. The lowest BCUT2D eigenvalue weighted by Crippen LogP contribution is -2.17. The standard InChI is InChI=1S/C16H16BrClFNO/c1-3-20-10(2)11-4-5-16(15(18)6-11)21-14-8-12(17)7-13(19)9-14/h4-10,20H,3H2,1-2H3. The van der Waals surface area contributed by atoms with E-state index in [9.17, 15) is 4.39 Å². The highest BCUT2D eigenvalue weighted by atomic mass is 79.9. The fourth-order valence-corrected chi connectivity index (χ4v) is 2.68. The van der Waals surface area contributed by atoms with Crippen molar-refractivity contribution in [3.63, 3.8) is 0 Å². The second-order valence-corrected chi connectivity index (χ2v) is 6.00. The van der Waals surface area contributed by atoms with Gasteiger partial charge in [0, 0.05) is 16.6 Å². The van der Waals surface area contributed by atoms with Crippen LogP contribution in [-0.2, 0) is 0 Å². The smallest absolute Gasteiger partial charge is 0.146 e. The molecule has 0 bridgehead atoms. The van der Waals surface area contributed by atoms with Gasteiger partial charge in [-0.3, -0.25) is 0 Å². The van der Waals surface area contributed by atoms with Crippen LogP contribution in [0.1, 0.15) is 25.5 Å². The summed E-state index contributed by atoms with van der Waals surface area (Å²) in [4.78, 5) is 0. The topological polar surface area (TPSA) is 21.3 Å². The molecule has 0 fully saturated rings. The number of nitrogens with one attached hydrogen (secondary N) is 1. The Kier molecular flexibility index (Phi) is 5.62. The third kappa shape index (κ3) is 4.43. The van der Waals surface area contributed by atoms with Gasteiger partial charge in [-0.05, 0) is 43.3 Å². The molecule has 21 heavy (non-hydrogen) atoms. The first-order valence-electron chi connectivity index (χ1n) is 6.66. The number of rotatable bonds is 5. The SMILES string of the molecule is CCNC(C)c1ccc(Oc2cc(F)cc(Br)c2)c(Cl)c1. The minimum atomic E-state index is -0.368. The van der Waals surface area contributed by atoms with Crippen molar-refractivity contribution in [2.75, 3.05) is 6.54 Å². The van der Waals surface area contributed by atoms with Gasteiger partial charge in [-0.15, -0.1) is 0 Å². The zero-order valence-electron chi connectivity index (χ0n) is 11.8. The minimum Gasteiger partial charge on any atom is -0.456 e. The Labute approximate surface area is 137 Å². The van der Waals surface area contributed by atoms with Gasteiger partial charge in [0.2, 0.25) is 0 Å². The summed E-state index contributed by atoms with van der Waals surface area (Å²) in [5.74, 6) is 0.533. The van der Waals surface area contributed by atoms with Crippen LogP contribution in [0.2, 0.25) is 5.02 Å². The molecule has 0 heterocycles. The third-order valence-electron chi connectivity index (χ3n) is 3.03. The van der Waals surface area contributed by atoms with Crippen molar-refractivity contribution < 1.29 is 9.13 Å². The number of hydrogen-bond acceptors (Lipinski definition) is 2. The lowest BCUT2D eigenvalue weighted by atomic mass is 10.1. The van der Waals surface area contributed by atoms with E-state index in [-0.39, 0.29) is 11.9 Å². The van der Waals surface area contributed by atoms with Gasteiger partial charge in [0.25, 0.3) is 0 Å². The fourth-order valence-electron chi connectivity index (χ4n) is 2.01. The maximum Gasteiger partial charge on any atom is 0.146 e. The molecular formula is C16H16BrClFNO. The first-order chi connectivity index (χ1) is 9.99. The Bertz CT molecular complexity index is 615. The number of halogens is 3. The number of ether oxygens (including phenoxy) is 1. The molecule has 1 unspecified atom stereocenters. The Morgan fingerprint density at radius 3 is 2.67 bits per heavy atom. The molecule has 1 N–H and O–H groups in total. The molecule has 0 spiro atoms. The van der Waals surface area contributed by atoms with Gasteiger partial charge in [-0.25, -0.2) is 4.39 Å². The van der Waals surface area contributed by atoms with Crippen LogP contribution >= 0.6 is 27.5 Å². The molecule has 0 saturated carbocycles. The zero-order chi connectivity index (χ0) is 15.4. The van der Waals surface area contributed by atoms with E-state index in [0.717, 1.165) is 12.1 Å². The molecule has 0 amide bonds. The van der Waals surface area contributed by atoms with Crippen molar-refractivity contribution in [3.05, 3.63) is 57.3 Å². The van der Waals surface area contributed by atoms with Crippen molar-refractivity contribution >= 4 is 27.5 Å². The molecule has 1 atom stereocenters. The summed E-state index contributed by atoms with van der Waals surface area (Å²) < 4.78 is 19.6. The van der Waals surface area contributed by atoms with E-state index in [1.807, 2.05) is 12.1 Å². The van der Waals surface area contributed by atoms with Crippen LogP contribution in [0.4, 0.5) is 4.39 Å². The van der Waals surface area contributed by atoms with Gasteiger partial charge in [0.1, 0.15) is 17.3 Å². The van der Waals surface area contributed by atoms with E-state index in [4.69, 9.17) is 16.3 Å². The van der Waals surface area contributed by atoms with Gasteiger partial charge in [-0.1, -0.05) is 40.5 Å². The lowest BCUT2D eigenvalue weighted by molar-refractivity contribution is 0.476. The zero-order valence-corrected chi connectivity index (χ0v) is 14.1. The van der Waals surface area contributed by atoms with Crippen LogP contribution in [0.15, 0.2) is 40.9 Å².